The summed E-state index contributed by atoms with van der Waals surface area (Å²) < 4.78 is 5.14. The minimum atomic E-state index is -0.588. The molecule has 0 bridgehead atoms. The number of nitrogens with zero attached hydrogens (tertiary/aromatic N) is 2. The van der Waals surface area contributed by atoms with Gasteiger partial charge in [0.05, 0.1) is 9.85 Å². The zero-order valence-corrected chi connectivity index (χ0v) is 15.8. The molecule has 0 unspecified atom stereocenters. The fourth-order valence-corrected chi connectivity index (χ4v) is 2.32. The number of nitro benzene ring substituents is 2. The Balaban J connectivity index is 0.000000280. The van der Waals surface area contributed by atoms with Crippen LogP contribution in [-0.2, 0) is 6.42 Å². The third-order valence-electron chi connectivity index (χ3n) is 3.54. The Morgan fingerprint density at radius 1 is 1.00 bits per heavy atom. The Hall–Kier alpha value is -3.68. The zero-order chi connectivity index (χ0) is 21.3. The standard InChI is InChI=1S/2C10H11NO3/c1-3-6-14-10-5-4-8(2)7-9(10)11(12)13;1-3-4-8-5-7(2)6-9(10(8)12)11(13)14/h3-5,7H,1,6H2,2H3;3,5-6,12H,1,4H2,2H3. The summed E-state index contributed by atoms with van der Waals surface area (Å²) in [5.74, 6) is 0.0148. The normalized spacial score (nSPS) is 9.64. The number of benzene rings is 2. The highest BCUT2D eigenvalue weighted by molar-refractivity contribution is 5.53. The maximum Gasteiger partial charge on any atom is 0.311 e. The van der Waals surface area contributed by atoms with E-state index in [9.17, 15) is 25.3 Å². The van der Waals surface area contributed by atoms with Gasteiger partial charge in [-0.3, -0.25) is 20.2 Å². The van der Waals surface area contributed by atoms with E-state index in [1.165, 1.54) is 12.1 Å². The van der Waals surface area contributed by atoms with Crippen LogP contribution in [0, 0.1) is 34.1 Å². The number of phenolic OH excluding ortho intramolecular Hbond substituents is 1. The number of rotatable bonds is 7. The number of aryl methyl sites for hydroxylation is 2. The predicted octanol–water partition coefficient (Wildman–Crippen LogP) is 4.81. The molecule has 0 radical (unpaired) electrons. The summed E-state index contributed by atoms with van der Waals surface area (Å²) in [6.07, 6.45) is 3.57. The van der Waals surface area contributed by atoms with Gasteiger partial charge in [-0.2, -0.15) is 0 Å². The topological polar surface area (TPSA) is 116 Å². The first-order valence-corrected chi connectivity index (χ1v) is 8.27. The van der Waals surface area contributed by atoms with E-state index in [0.29, 0.717) is 12.0 Å². The third-order valence-corrected chi connectivity index (χ3v) is 3.54. The molecule has 0 aromatic heterocycles. The summed E-state index contributed by atoms with van der Waals surface area (Å²) in [7, 11) is 0. The van der Waals surface area contributed by atoms with Crippen LogP contribution in [0.3, 0.4) is 0 Å². The van der Waals surface area contributed by atoms with Crippen LogP contribution in [0.15, 0.2) is 55.6 Å². The lowest BCUT2D eigenvalue weighted by Crippen LogP contribution is -1.98. The maximum atomic E-state index is 10.6. The van der Waals surface area contributed by atoms with Crippen LogP contribution in [0.4, 0.5) is 11.4 Å². The largest absolute Gasteiger partial charge is 0.502 e. The Labute approximate surface area is 162 Å². The van der Waals surface area contributed by atoms with Crippen molar-refractivity contribution >= 4 is 11.4 Å². The first-order valence-electron chi connectivity index (χ1n) is 8.27. The van der Waals surface area contributed by atoms with Crippen molar-refractivity contribution in [1.29, 1.82) is 0 Å². The fraction of sp³-hybridized carbons (Fsp3) is 0.200. The van der Waals surface area contributed by atoms with Crippen LogP contribution in [0.25, 0.3) is 0 Å². The van der Waals surface area contributed by atoms with Crippen molar-refractivity contribution < 1.29 is 19.7 Å². The number of aromatic hydroxyl groups is 1. The lowest BCUT2D eigenvalue weighted by atomic mass is 10.1. The van der Waals surface area contributed by atoms with E-state index in [1.54, 1.807) is 44.2 Å². The van der Waals surface area contributed by atoms with E-state index in [-0.39, 0.29) is 29.5 Å². The maximum absolute atomic E-state index is 10.6. The van der Waals surface area contributed by atoms with E-state index in [4.69, 9.17) is 4.74 Å². The van der Waals surface area contributed by atoms with E-state index in [1.807, 2.05) is 0 Å². The molecule has 0 fully saturated rings. The van der Waals surface area contributed by atoms with Crippen LogP contribution >= 0.6 is 0 Å². The number of hydrogen-bond acceptors (Lipinski definition) is 6. The SMILES string of the molecule is C=CCOc1ccc(C)cc1[N+](=O)[O-].C=CCc1cc(C)cc([N+](=O)[O-])c1O. The smallest absolute Gasteiger partial charge is 0.311 e. The Morgan fingerprint density at radius 3 is 2.14 bits per heavy atom. The molecule has 0 spiro atoms. The first-order chi connectivity index (χ1) is 13.2. The lowest BCUT2D eigenvalue weighted by Gasteiger charge is -2.04. The molecule has 28 heavy (non-hydrogen) atoms. The van der Waals surface area contributed by atoms with E-state index in [0.717, 1.165) is 11.1 Å². The van der Waals surface area contributed by atoms with Crippen LogP contribution in [0.1, 0.15) is 16.7 Å². The predicted molar refractivity (Wildman–Crippen MR) is 107 cm³/mol. The highest BCUT2D eigenvalue weighted by Crippen LogP contribution is 2.31. The molecule has 0 aliphatic rings. The van der Waals surface area contributed by atoms with Gasteiger partial charge < -0.3 is 9.84 Å². The molecule has 0 atom stereocenters. The van der Waals surface area contributed by atoms with Crippen molar-refractivity contribution in [3.8, 4) is 11.5 Å². The van der Waals surface area contributed by atoms with Crippen LogP contribution in [0.2, 0.25) is 0 Å². The van der Waals surface area contributed by atoms with Gasteiger partial charge in [-0.05, 0) is 37.5 Å². The van der Waals surface area contributed by atoms with Crippen LogP contribution in [0.5, 0.6) is 11.5 Å². The van der Waals surface area contributed by atoms with E-state index in [2.05, 4.69) is 13.2 Å². The third kappa shape index (κ3) is 6.24. The second kappa shape index (κ2) is 10.5. The second-order valence-electron chi connectivity index (χ2n) is 5.87. The van der Waals surface area contributed by atoms with Gasteiger partial charge in [-0.15, -0.1) is 6.58 Å². The molecule has 0 aliphatic carbocycles. The first kappa shape index (κ1) is 22.4. The zero-order valence-electron chi connectivity index (χ0n) is 15.8. The molecule has 2 aromatic rings. The van der Waals surface area contributed by atoms with E-state index < -0.39 is 9.85 Å². The molecule has 8 nitrogen and oxygen atoms in total. The molecule has 0 heterocycles. The van der Waals surface area contributed by atoms with Crippen molar-refractivity contribution in [2.75, 3.05) is 6.61 Å². The van der Waals surface area contributed by atoms with Gasteiger partial charge in [0.1, 0.15) is 6.61 Å². The second-order valence-corrected chi connectivity index (χ2v) is 5.87. The van der Waals surface area contributed by atoms with Crippen molar-refractivity contribution in [2.45, 2.75) is 20.3 Å². The summed E-state index contributed by atoms with van der Waals surface area (Å²) in [6, 6.07) is 7.91. The van der Waals surface area contributed by atoms with Gasteiger partial charge in [0.15, 0.2) is 11.5 Å². The number of nitro groups is 2. The molecular formula is C20H22N2O6. The van der Waals surface area contributed by atoms with Crippen molar-refractivity contribution in [3.05, 3.63) is 92.6 Å². The molecular weight excluding hydrogens is 364 g/mol. The fourth-order valence-electron chi connectivity index (χ4n) is 2.32. The minimum Gasteiger partial charge on any atom is -0.502 e. The van der Waals surface area contributed by atoms with Crippen molar-refractivity contribution in [2.24, 2.45) is 0 Å². The summed E-state index contributed by atoms with van der Waals surface area (Å²) in [4.78, 5) is 20.1. The molecule has 0 aliphatic heterocycles. The monoisotopic (exact) mass is 386 g/mol. The molecule has 8 heteroatoms. The van der Waals surface area contributed by atoms with Crippen LogP contribution in [-0.4, -0.2) is 21.6 Å². The van der Waals surface area contributed by atoms with Crippen LogP contribution < -0.4 is 4.74 Å². The van der Waals surface area contributed by atoms with Crippen molar-refractivity contribution in [3.63, 3.8) is 0 Å². The quantitative estimate of drug-likeness (QED) is 0.415. The summed E-state index contributed by atoms with van der Waals surface area (Å²) >= 11 is 0. The number of ether oxygens (including phenoxy) is 1. The number of allylic oxidation sites excluding steroid dienone is 1. The highest BCUT2D eigenvalue weighted by Gasteiger charge is 2.17. The Kier molecular flexibility index (Phi) is 8.36. The van der Waals surface area contributed by atoms with Gasteiger partial charge in [-0.25, -0.2) is 0 Å². The highest BCUT2D eigenvalue weighted by atomic mass is 16.6. The van der Waals surface area contributed by atoms with E-state index >= 15 is 0 Å². The molecule has 2 aromatic carbocycles. The molecule has 0 saturated heterocycles. The molecule has 148 valence electrons. The summed E-state index contributed by atoms with van der Waals surface area (Å²) in [5, 5.41) is 30.7. The minimum absolute atomic E-state index is 0.00755. The lowest BCUT2D eigenvalue weighted by molar-refractivity contribution is -0.386. The summed E-state index contributed by atoms with van der Waals surface area (Å²) in [5.41, 5.74) is 1.87. The number of phenols is 1. The average Bonchev–Trinajstić information content (AvgIpc) is 2.63. The molecule has 1 N–H and O–H groups in total. The average molecular weight is 386 g/mol. The Bertz CT molecular complexity index is 893. The molecule has 0 amide bonds. The van der Waals surface area contributed by atoms with Gasteiger partial charge in [-0.1, -0.05) is 30.9 Å². The van der Waals surface area contributed by atoms with Gasteiger partial charge in [0, 0.05) is 17.7 Å². The van der Waals surface area contributed by atoms with Gasteiger partial charge in [0.25, 0.3) is 0 Å². The summed E-state index contributed by atoms with van der Waals surface area (Å²) in [6.45, 7) is 10.8. The molecule has 0 saturated carbocycles. The molecule has 2 rings (SSSR count). The van der Waals surface area contributed by atoms with Gasteiger partial charge in [0.2, 0.25) is 0 Å². The Morgan fingerprint density at radius 2 is 1.61 bits per heavy atom. The van der Waals surface area contributed by atoms with Crippen molar-refractivity contribution in [1.82, 2.24) is 0 Å². The van der Waals surface area contributed by atoms with Gasteiger partial charge >= 0.3 is 11.4 Å². The number of hydrogen-bond donors (Lipinski definition) is 1.